The van der Waals surface area contributed by atoms with Crippen LogP contribution < -0.4 is 10.6 Å². The van der Waals surface area contributed by atoms with Crippen molar-refractivity contribution in [2.45, 2.75) is 32.7 Å². The quantitative estimate of drug-likeness (QED) is 0.789. The van der Waals surface area contributed by atoms with Crippen molar-refractivity contribution in [2.75, 3.05) is 31.4 Å². The van der Waals surface area contributed by atoms with Crippen LogP contribution in [0.15, 0.2) is 18.2 Å². The van der Waals surface area contributed by atoms with Gasteiger partial charge in [0, 0.05) is 14.2 Å². The van der Waals surface area contributed by atoms with Crippen molar-refractivity contribution in [3.8, 4) is 0 Å². The van der Waals surface area contributed by atoms with Crippen LogP contribution in [0.5, 0.6) is 0 Å². The van der Waals surface area contributed by atoms with Crippen molar-refractivity contribution >= 4 is 17.5 Å². The number of carbonyl (C=O) groups is 1. The smallest absolute Gasteiger partial charge is 0.412 e. The number of methoxy groups -OCH3 is 2. The number of halogens is 1. The third kappa shape index (κ3) is 6.28. The average Bonchev–Trinajstić information content (AvgIpc) is 2.40. The first-order valence-electron chi connectivity index (χ1n) is 6.84. The van der Waals surface area contributed by atoms with Gasteiger partial charge in [-0.05, 0) is 39.0 Å². The van der Waals surface area contributed by atoms with Gasteiger partial charge in [0.2, 0.25) is 0 Å². The Kier molecular flexibility index (Phi) is 6.58. The van der Waals surface area contributed by atoms with Gasteiger partial charge in [0.1, 0.15) is 11.4 Å². The van der Waals surface area contributed by atoms with E-state index < -0.39 is 23.8 Å². The normalized spacial score (nSPS) is 11.4. The second-order valence-corrected chi connectivity index (χ2v) is 5.60. The van der Waals surface area contributed by atoms with Crippen LogP contribution in [0.1, 0.15) is 20.8 Å². The van der Waals surface area contributed by atoms with Gasteiger partial charge < -0.3 is 19.5 Å². The molecule has 124 valence electrons. The molecule has 0 spiro atoms. The summed E-state index contributed by atoms with van der Waals surface area (Å²) in [5, 5.41) is 5.55. The zero-order valence-electron chi connectivity index (χ0n) is 13.5. The first-order chi connectivity index (χ1) is 10.2. The molecule has 1 aromatic carbocycles. The van der Waals surface area contributed by atoms with Gasteiger partial charge in [0.05, 0.1) is 17.9 Å². The second-order valence-electron chi connectivity index (χ2n) is 5.60. The number of ether oxygens (including phenoxy) is 3. The molecule has 0 radical (unpaired) electrons. The van der Waals surface area contributed by atoms with E-state index in [0.29, 0.717) is 17.9 Å². The Morgan fingerprint density at radius 1 is 1.23 bits per heavy atom. The molecule has 0 aliphatic rings. The molecule has 0 aromatic heterocycles. The summed E-state index contributed by atoms with van der Waals surface area (Å²) in [5.41, 5.74) is 0.195. The third-order valence-corrected chi connectivity index (χ3v) is 2.60. The minimum Gasteiger partial charge on any atom is -0.444 e. The Morgan fingerprint density at radius 3 is 2.41 bits per heavy atom. The molecule has 0 aliphatic heterocycles. The summed E-state index contributed by atoms with van der Waals surface area (Å²) in [6.45, 7) is 5.58. The minimum absolute atomic E-state index is 0.291. The van der Waals surface area contributed by atoms with E-state index >= 15 is 0 Å². The lowest BCUT2D eigenvalue weighted by Gasteiger charge is -2.21. The van der Waals surface area contributed by atoms with Crippen molar-refractivity contribution in [3.05, 3.63) is 24.0 Å². The summed E-state index contributed by atoms with van der Waals surface area (Å²) >= 11 is 0. The van der Waals surface area contributed by atoms with Crippen LogP contribution >= 0.6 is 0 Å². The van der Waals surface area contributed by atoms with Crippen LogP contribution in [0, 0.1) is 5.82 Å². The number of hydrogen-bond acceptors (Lipinski definition) is 5. The monoisotopic (exact) mass is 314 g/mol. The highest BCUT2D eigenvalue weighted by atomic mass is 19.1. The van der Waals surface area contributed by atoms with Gasteiger partial charge in [-0.1, -0.05) is 0 Å². The Hall–Kier alpha value is -1.86. The van der Waals surface area contributed by atoms with E-state index in [1.165, 1.54) is 32.4 Å². The first kappa shape index (κ1) is 18.2. The minimum atomic E-state index is -0.616. The predicted molar refractivity (Wildman–Crippen MR) is 82.6 cm³/mol. The summed E-state index contributed by atoms with van der Waals surface area (Å²) in [7, 11) is 3.00. The Morgan fingerprint density at radius 2 is 1.86 bits per heavy atom. The molecule has 0 heterocycles. The zero-order valence-corrected chi connectivity index (χ0v) is 13.5. The van der Waals surface area contributed by atoms with E-state index in [1.54, 1.807) is 20.8 Å². The van der Waals surface area contributed by atoms with Crippen LogP contribution in [0.3, 0.4) is 0 Å². The van der Waals surface area contributed by atoms with Gasteiger partial charge in [-0.3, -0.25) is 5.32 Å². The summed E-state index contributed by atoms with van der Waals surface area (Å²) < 4.78 is 28.7. The average molecular weight is 314 g/mol. The van der Waals surface area contributed by atoms with E-state index in [1.807, 2.05) is 0 Å². The molecule has 0 saturated heterocycles. The number of amides is 1. The molecular formula is C15H23FN2O4. The maximum absolute atomic E-state index is 13.4. The molecule has 1 rings (SSSR count). The fourth-order valence-electron chi connectivity index (χ4n) is 1.64. The van der Waals surface area contributed by atoms with E-state index in [9.17, 15) is 9.18 Å². The predicted octanol–water partition coefficient (Wildman–Crippen LogP) is 3.20. The molecule has 0 bridgehead atoms. The van der Waals surface area contributed by atoms with Crippen molar-refractivity contribution in [3.63, 3.8) is 0 Å². The lowest BCUT2D eigenvalue weighted by Crippen LogP contribution is -2.28. The van der Waals surface area contributed by atoms with Crippen LogP contribution in [-0.2, 0) is 14.2 Å². The molecule has 0 unspecified atom stereocenters. The molecule has 22 heavy (non-hydrogen) atoms. The zero-order chi connectivity index (χ0) is 16.8. The maximum Gasteiger partial charge on any atom is 0.412 e. The van der Waals surface area contributed by atoms with Gasteiger partial charge >= 0.3 is 6.09 Å². The van der Waals surface area contributed by atoms with Crippen LogP contribution in [0.4, 0.5) is 20.6 Å². The van der Waals surface area contributed by atoms with Gasteiger partial charge in [-0.15, -0.1) is 0 Å². The topological polar surface area (TPSA) is 68.8 Å². The van der Waals surface area contributed by atoms with Crippen molar-refractivity contribution < 1.29 is 23.4 Å². The summed E-state index contributed by atoms with van der Waals surface area (Å²) in [6, 6.07) is 3.98. The summed E-state index contributed by atoms with van der Waals surface area (Å²) in [5.74, 6) is -0.427. The third-order valence-electron chi connectivity index (χ3n) is 2.60. The highest BCUT2D eigenvalue weighted by Crippen LogP contribution is 2.23. The number of rotatable bonds is 6. The lowest BCUT2D eigenvalue weighted by molar-refractivity contribution is -0.0914. The lowest BCUT2D eigenvalue weighted by atomic mass is 10.2. The number of benzene rings is 1. The SMILES string of the molecule is COC(CNc1cc(F)ccc1NC(=O)OC(C)(C)C)OC. The van der Waals surface area contributed by atoms with Crippen LogP contribution in [-0.4, -0.2) is 38.7 Å². The number of nitrogens with one attached hydrogen (secondary N) is 2. The second kappa shape index (κ2) is 7.95. The highest BCUT2D eigenvalue weighted by Gasteiger charge is 2.17. The van der Waals surface area contributed by atoms with Crippen molar-refractivity contribution in [1.29, 1.82) is 0 Å². The molecular weight excluding hydrogens is 291 g/mol. The maximum atomic E-state index is 13.4. The Bertz CT molecular complexity index is 499. The molecule has 1 aromatic rings. The fraction of sp³-hybridized carbons (Fsp3) is 0.533. The Balaban J connectivity index is 2.80. The van der Waals surface area contributed by atoms with E-state index in [2.05, 4.69) is 10.6 Å². The molecule has 0 fully saturated rings. The van der Waals surface area contributed by atoms with Gasteiger partial charge in [-0.2, -0.15) is 0 Å². The standard InChI is InChI=1S/C15H23FN2O4/c1-15(2,3)22-14(19)18-11-7-6-10(16)8-12(11)17-9-13(20-4)21-5/h6-8,13,17H,9H2,1-5H3,(H,18,19). The van der Waals surface area contributed by atoms with Crippen molar-refractivity contribution in [2.24, 2.45) is 0 Å². The fourth-order valence-corrected chi connectivity index (χ4v) is 1.64. The summed E-state index contributed by atoms with van der Waals surface area (Å²) in [4.78, 5) is 11.8. The van der Waals surface area contributed by atoms with E-state index in [4.69, 9.17) is 14.2 Å². The molecule has 1 amide bonds. The number of hydrogen-bond donors (Lipinski definition) is 2. The molecule has 0 aliphatic carbocycles. The van der Waals surface area contributed by atoms with Crippen LogP contribution in [0.2, 0.25) is 0 Å². The number of anilines is 2. The van der Waals surface area contributed by atoms with E-state index in [0.717, 1.165) is 0 Å². The molecule has 6 nitrogen and oxygen atoms in total. The van der Waals surface area contributed by atoms with Gasteiger partial charge in [-0.25, -0.2) is 9.18 Å². The molecule has 0 atom stereocenters. The van der Waals surface area contributed by atoms with Crippen molar-refractivity contribution in [1.82, 2.24) is 0 Å². The molecule has 7 heteroatoms. The summed E-state index contributed by atoms with van der Waals surface area (Å²) in [6.07, 6.45) is -1.10. The van der Waals surface area contributed by atoms with Crippen LogP contribution in [0.25, 0.3) is 0 Å². The van der Waals surface area contributed by atoms with Gasteiger partial charge in [0.15, 0.2) is 6.29 Å². The first-order valence-corrected chi connectivity index (χ1v) is 6.84. The highest BCUT2D eigenvalue weighted by molar-refractivity contribution is 5.89. The van der Waals surface area contributed by atoms with E-state index in [-0.39, 0.29) is 0 Å². The molecule has 0 saturated carbocycles. The number of carbonyl (C=O) groups excluding carboxylic acids is 1. The largest absolute Gasteiger partial charge is 0.444 e. The molecule has 2 N–H and O–H groups in total. The Labute approximate surface area is 129 Å². The van der Waals surface area contributed by atoms with Gasteiger partial charge in [0.25, 0.3) is 0 Å².